The number of benzene rings is 1. The van der Waals surface area contributed by atoms with Crippen LogP contribution in [0.4, 0.5) is 4.39 Å². The number of halogens is 1. The summed E-state index contributed by atoms with van der Waals surface area (Å²) in [5, 5.41) is 0.674. The largest absolute Gasteiger partial charge is 0.337 e. The lowest BCUT2D eigenvalue weighted by Gasteiger charge is -2.23. The zero-order valence-corrected chi connectivity index (χ0v) is 13.6. The summed E-state index contributed by atoms with van der Waals surface area (Å²) in [5.74, 6) is -0.694. The van der Waals surface area contributed by atoms with Crippen LogP contribution in [0.3, 0.4) is 0 Å². The van der Waals surface area contributed by atoms with E-state index in [1.54, 1.807) is 26.1 Å². The Kier molecular flexibility index (Phi) is 4.34. The van der Waals surface area contributed by atoms with E-state index >= 15 is 0 Å². The lowest BCUT2D eigenvalue weighted by Crippen LogP contribution is -2.38. The highest BCUT2D eigenvalue weighted by atomic mass is 32.2. The average Bonchev–Trinajstić information content (AvgIpc) is 2.77. The molecule has 7 heteroatoms. The van der Waals surface area contributed by atoms with Crippen molar-refractivity contribution in [2.75, 3.05) is 19.1 Å². The molecule has 4 nitrogen and oxygen atoms in total. The molecule has 0 saturated heterocycles. The molecule has 1 aromatic carbocycles. The zero-order valence-electron chi connectivity index (χ0n) is 12.0. The lowest BCUT2D eigenvalue weighted by atomic mass is 10.2. The molecule has 0 saturated carbocycles. The Labute approximate surface area is 127 Å². The summed E-state index contributed by atoms with van der Waals surface area (Å²) in [7, 11) is -1.58. The van der Waals surface area contributed by atoms with Crippen molar-refractivity contribution in [2.24, 2.45) is 0 Å². The summed E-state index contributed by atoms with van der Waals surface area (Å²) in [6.45, 7) is 1.69. The first-order valence-corrected chi connectivity index (χ1v) is 9.19. The molecule has 0 fully saturated rings. The molecule has 0 bridgehead atoms. The summed E-state index contributed by atoms with van der Waals surface area (Å²) in [4.78, 5) is 14.2. The molecule has 0 unspecified atom stereocenters. The number of amides is 1. The minimum Gasteiger partial charge on any atom is -0.337 e. The average molecular weight is 329 g/mol. The summed E-state index contributed by atoms with van der Waals surface area (Å²) in [6.07, 6.45) is 1.14. The number of hydrogen-bond donors (Lipinski definition) is 0. The van der Waals surface area contributed by atoms with Crippen molar-refractivity contribution in [3.05, 3.63) is 35.0 Å². The fraction of sp³-hybridized carbons (Fsp3) is 0.357. The van der Waals surface area contributed by atoms with Gasteiger partial charge < -0.3 is 4.90 Å². The number of hydrogen-bond acceptors (Lipinski definition) is 4. The van der Waals surface area contributed by atoms with Gasteiger partial charge in [-0.3, -0.25) is 4.79 Å². The second-order valence-corrected chi connectivity index (χ2v) is 8.42. The van der Waals surface area contributed by atoms with Gasteiger partial charge in [-0.2, -0.15) is 0 Å². The zero-order chi connectivity index (χ0) is 15.8. The number of thiophene rings is 1. The molecule has 21 heavy (non-hydrogen) atoms. The molecule has 2 rings (SSSR count). The van der Waals surface area contributed by atoms with E-state index in [0.29, 0.717) is 10.3 Å². The normalized spacial score (nSPS) is 13.3. The number of nitrogens with zero attached hydrogens (tertiary/aromatic N) is 1. The predicted octanol–water partition coefficient (Wildman–Crippen LogP) is 2.55. The SMILES string of the molecule is C[C@H](CS(C)(=O)=O)N(C)C(=O)c1cc2cc(F)ccc2s1. The van der Waals surface area contributed by atoms with Crippen LogP contribution in [0.5, 0.6) is 0 Å². The number of fused-ring (bicyclic) bond motifs is 1. The van der Waals surface area contributed by atoms with E-state index in [-0.39, 0.29) is 17.5 Å². The second kappa shape index (κ2) is 5.73. The van der Waals surface area contributed by atoms with Crippen molar-refractivity contribution in [2.45, 2.75) is 13.0 Å². The Morgan fingerprint density at radius 2 is 2.05 bits per heavy atom. The van der Waals surface area contributed by atoms with E-state index in [1.165, 1.54) is 28.4 Å². The molecule has 0 N–H and O–H groups in total. The highest BCUT2D eigenvalue weighted by Gasteiger charge is 2.22. The maximum Gasteiger partial charge on any atom is 0.263 e. The molecular weight excluding hydrogens is 313 g/mol. The Balaban J connectivity index is 2.25. The standard InChI is InChI=1S/C14H16FNO3S2/c1-9(8-21(3,18)19)16(2)14(17)13-7-10-6-11(15)4-5-12(10)20-13/h4-7,9H,8H2,1-3H3/t9-/m1/s1. The summed E-state index contributed by atoms with van der Waals surface area (Å²) >= 11 is 1.27. The molecule has 114 valence electrons. The summed E-state index contributed by atoms with van der Waals surface area (Å²) in [6, 6.07) is 5.57. The maximum atomic E-state index is 13.2. The summed E-state index contributed by atoms with van der Waals surface area (Å²) < 4.78 is 36.6. The predicted molar refractivity (Wildman–Crippen MR) is 83.0 cm³/mol. The van der Waals surface area contributed by atoms with E-state index < -0.39 is 15.9 Å². The third-order valence-electron chi connectivity index (χ3n) is 3.21. The van der Waals surface area contributed by atoms with Gasteiger partial charge in [0.1, 0.15) is 15.7 Å². The minimum atomic E-state index is -3.15. The second-order valence-electron chi connectivity index (χ2n) is 5.15. The van der Waals surface area contributed by atoms with E-state index in [1.807, 2.05) is 0 Å². The number of carbonyl (C=O) groups excluding carboxylic acids is 1. The Hall–Kier alpha value is -1.47. The number of rotatable bonds is 4. The molecule has 0 aliphatic heterocycles. The molecule has 0 spiro atoms. The van der Waals surface area contributed by atoms with Crippen LogP contribution in [0.25, 0.3) is 10.1 Å². The first-order chi connectivity index (χ1) is 9.67. The molecule has 2 aromatic rings. The van der Waals surface area contributed by atoms with Crippen molar-refractivity contribution in [1.82, 2.24) is 4.90 Å². The molecule has 1 atom stereocenters. The van der Waals surface area contributed by atoms with Gasteiger partial charge >= 0.3 is 0 Å². The molecule has 1 aromatic heterocycles. The van der Waals surface area contributed by atoms with Crippen molar-refractivity contribution in [1.29, 1.82) is 0 Å². The Morgan fingerprint density at radius 1 is 1.38 bits per heavy atom. The molecule has 0 aliphatic rings. The Morgan fingerprint density at radius 3 is 2.67 bits per heavy atom. The van der Waals surface area contributed by atoms with Crippen LogP contribution in [0, 0.1) is 5.82 Å². The van der Waals surface area contributed by atoms with Crippen LogP contribution in [-0.4, -0.2) is 44.3 Å². The van der Waals surface area contributed by atoms with Crippen LogP contribution in [0.1, 0.15) is 16.6 Å². The minimum absolute atomic E-state index is 0.0885. The maximum absolute atomic E-state index is 13.2. The molecular formula is C14H16FNO3S2. The molecule has 0 radical (unpaired) electrons. The van der Waals surface area contributed by atoms with E-state index in [2.05, 4.69) is 0 Å². The van der Waals surface area contributed by atoms with Crippen LogP contribution < -0.4 is 0 Å². The fourth-order valence-corrected chi connectivity index (χ4v) is 4.17. The van der Waals surface area contributed by atoms with Gasteiger partial charge in [-0.1, -0.05) is 0 Å². The summed E-state index contributed by atoms with van der Waals surface area (Å²) in [5.41, 5.74) is 0. The fourth-order valence-electron chi connectivity index (χ4n) is 2.04. The van der Waals surface area contributed by atoms with Gasteiger partial charge in [0.25, 0.3) is 5.91 Å². The van der Waals surface area contributed by atoms with Crippen LogP contribution in [-0.2, 0) is 9.84 Å². The topological polar surface area (TPSA) is 54.5 Å². The Bertz CT molecular complexity index is 783. The van der Waals surface area contributed by atoms with E-state index in [9.17, 15) is 17.6 Å². The van der Waals surface area contributed by atoms with E-state index in [4.69, 9.17) is 0 Å². The first kappa shape index (κ1) is 15.9. The quantitative estimate of drug-likeness (QED) is 0.866. The van der Waals surface area contributed by atoms with Gasteiger partial charge in [0, 0.05) is 24.0 Å². The van der Waals surface area contributed by atoms with Crippen molar-refractivity contribution in [3.8, 4) is 0 Å². The van der Waals surface area contributed by atoms with Gasteiger partial charge in [-0.15, -0.1) is 11.3 Å². The van der Waals surface area contributed by atoms with Gasteiger partial charge in [0.05, 0.1) is 10.6 Å². The highest BCUT2D eigenvalue weighted by molar-refractivity contribution is 7.90. The van der Waals surface area contributed by atoms with Crippen molar-refractivity contribution >= 4 is 37.2 Å². The van der Waals surface area contributed by atoms with Crippen molar-refractivity contribution < 1.29 is 17.6 Å². The smallest absolute Gasteiger partial charge is 0.263 e. The molecule has 1 amide bonds. The number of sulfone groups is 1. The van der Waals surface area contributed by atoms with Crippen LogP contribution >= 0.6 is 11.3 Å². The molecule has 0 aliphatic carbocycles. The third kappa shape index (κ3) is 3.79. The van der Waals surface area contributed by atoms with Gasteiger partial charge in [0.2, 0.25) is 0 Å². The van der Waals surface area contributed by atoms with E-state index in [0.717, 1.165) is 11.0 Å². The first-order valence-electron chi connectivity index (χ1n) is 6.31. The third-order valence-corrected chi connectivity index (χ3v) is 5.41. The van der Waals surface area contributed by atoms with Gasteiger partial charge in [-0.05, 0) is 36.6 Å². The number of carbonyl (C=O) groups is 1. The lowest BCUT2D eigenvalue weighted by molar-refractivity contribution is 0.0762. The van der Waals surface area contributed by atoms with Crippen LogP contribution in [0.2, 0.25) is 0 Å². The van der Waals surface area contributed by atoms with Gasteiger partial charge in [-0.25, -0.2) is 12.8 Å². The highest BCUT2D eigenvalue weighted by Crippen LogP contribution is 2.27. The monoisotopic (exact) mass is 329 g/mol. The van der Waals surface area contributed by atoms with Crippen LogP contribution in [0.15, 0.2) is 24.3 Å². The molecule has 1 heterocycles. The van der Waals surface area contributed by atoms with Crippen molar-refractivity contribution in [3.63, 3.8) is 0 Å². The van der Waals surface area contributed by atoms with Gasteiger partial charge in [0.15, 0.2) is 0 Å².